The van der Waals surface area contributed by atoms with Gasteiger partial charge in [0.05, 0.1) is 0 Å². The number of rotatable bonds is 14. The fraction of sp³-hybridized carbons (Fsp3) is 0.455. The van der Waals surface area contributed by atoms with Gasteiger partial charge in [0.15, 0.2) is 0 Å². The van der Waals surface area contributed by atoms with Gasteiger partial charge >= 0.3 is 8.25 Å². The van der Waals surface area contributed by atoms with Crippen molar-refractivity contribution in [2.75, 3.05) is 13.2 Å². The normalized spacial score (nSPS) is 11.7. The predicted octanol–water partition coefficient (Wildman–Crippen LogP) is 6.11. The van der Waals surface area contributed by atoms with Crippen LogP contribution in [0.25, 0.3) is 0 Å². The van der Waals surface area contributed by atoms with Crippen LogP contribution < -0.4 is 5.32 Å². The molecule has 164 valence electrons. The van der Waals surface area contributed by atoms with E-state index in [0.717, 1.165) is 37.7 Å². The highest BCUT2D eigenvalue weighted by Gasteiger charge is 2.11. The Bertz CT molecular complexity index is 806. The fourth-order valence-electron chi connectivity index (χ4n) is 3.17. The topological polar surface area (TPSA) is 58.6 Å². The highest BCUT2D eigenvalue weighted by molar-refractivity contribution is 7.32. The van der Waals surface area contributed by atoms with Gasteiger partial charge in [0.2, 0.25) is 0 Å². The Kier molecular flexibility index (Phi) is 11.4. The molecule has 2 rings (SSSR count). The van der Waals surface area contributed by atoms with E-state index in [1.165, 1.54) is 18.2 Å². The molecule has 0 aromatic heterocycles. The maximum absolute atomic E-state index is 14.4. The number of aryl methyl sites for hydroxylation is 2. The summed E-state index contributed by atoms with van der Waals surface area (Å²) in [6.07, 6.45) is 6.10. The largest absolute Gasteiger partial charge is 0.694 e. The van der Waals surface area contributed by atoms with Crippen molar-refractivity contribution < 1.29 is 22.8 Å². The lowest BCUT2D eigenvalue weighted by Crippen LogP contribution is -2.16. The SMILES string of the molecule is O=[P+](O)OCCCNCc1cc(F)c(CCCCCCc2ccc(F)cc2)cc1Cl. The Morgan fingerprint density at radius 2 is 1.67 bits per heavy atom. The number of halogens is 3. The molecule has 0 radical (unpaired) electrons. The lowest BCUT2D eigenvalue weighted by Gasteiger charge is -2.10. The molecule has 0 spiro atoms. The molecule has 1 atom stereocenters. The first-order chi connectivity index (χ1) is 14.5. The molecule has 2 aromatic rings. The monoisotopic (exact) mass is 458 g/mol. The van der Waals surface area contributed by atoms with E-state index >= 15 is 0 Å². The average Bonchev–Trinajstić information content (AvgIpc) is 2.71. The first-order valence-electron chi connectivity index (χ1n) is 10.2. The van der Waals surface area contributed by atoms with Crippen LogP contribution in [-0.2, 0) is 28.5 Å². The summed E-state index contributed by atoms with van der Waals surface area (Å²) in [5, 5.41) is 3.65. The maximum Gasteiger partial charge on any atom is 0.694 e. The van der Waals surface area contributed by atoms with E-state index < -0.39 is 8.25 Å². The molecule has 0 bridgehead atoms. The summed E-state index contributed by atoms with van der Waals surface area (Å²) in [7, 11) is -2.56. The van der Waals surface area contributed by atoms with Crippen molar-refractivity contribution in [3.05, 3.63) is 69.7 Å². The van der Waals surface area contributed by atoms with Crippen molar-refractivity contribution in [2.45, 2.75) is 51.5 Å². The molecule has 8 heteroatoms. The van der Waals surface area contributed by atoms with E-state index in [-0.39, 0.29) is 18.2 Å². The maximum atomic E-state index is 14.4. The van der Waals surface area contributed by atoms with Gasteiger partial charge in [0.25, 0.3) is 0 Å². The Hall–Kier alpha value is -1.43. The summed E-state index contributed by atoms with van der Waals surface area (Å²) >= 11 is 6.29. The van der Waals surface area contributed by atoms with Gasteiger partial charge in [-0.2, -0.15) is 0 Å². The molecule has 0 aliphatic rings. The van der Waals surface area contributed by atoms with Crippen LogP contribution in [0.1, 0.15) is 48.8 Å². The molecular weight excluding hydrogens is 431 g/mol. The first-order valence-corrected chi connectivity index (χ1v) is 11.7. The van der Waals surface area contributed by atoms with Crippen molar-refractivity contribution >= 4 is 19.9 Å². The summed E-state index contributed by atoms with van der Waals surface area (Å²) in [5.74, 6) is -0.462. The highest BCUT2D eigenvalue weighted by atomic mass is 35.5. The minimum atomic E-state index is -2.56. The molecule has 0 aliphatic carbocycles. The number of benzene rings is 2. The van der Waals surface area contributed by atoms with Gasteiger partial charge in [-0.25, -0.2) is 8.78 Å². The predicted molar refractivity (Wildman–Crippen MR) is 116 cm³/mol. The van der Waals surface area contributed by atoms with Crippen LogP contribution in [0.15, 0.2) is 36.4 Å². The summed E-state index contributed by atoms with van der Waals surface area (Å²) in [6, 6.07) is 9.77. The summed E-state index contributed by atoms with van der Waals surface area (Å²) in [5.41, 5.74) is 2.45. The minimum Gasteiger partial charge on any atom is -0.313 e. The summed E-state index contributed by atoms with van der Waals surface area (Å²) in [4.78, 5) is 8.54. The zero-order valence-corrected chi connectivity index (χ0v) is 18.5. The second-order valence-electron chi connectivity index (χ2n) is 7.18. The number of nitrogens with one attached hydrogen (secondary N) is 1. The van der Waals surface area contributed by atoms with Gasteiger partial charge in [-0.3, -0.25) is 0 Å². The molecule has 0 saturated carbocycles. The molecule has 0 aliphatic heterocycles. The Morgan fingerprint density at radius 3 is 2.37 bits per heavy atom. The van der Waals surface area contributed by atoms with Crippen LogP contribution in [0.2, 0.25) is 5.02 Å². The van der Waals surface area contributed by atoms with Gasteiger partial charge in [-0.1, -0.05) is 36.6 Å². The Labute approximate surface area is 182 Å². The number of hydrogen-bond acceptors (Lipinski definition) is 3. The smallest absolute Gasteiger partial charge is 0.313 e. The summed E-state index contributed by atoms with van der Waals surface area (Å²) in [6.45, 7) is 1.18. The Balaban J connectivity index is 1.65. The van der Waals surface area contributed by atoms with E-state index in [0.29, 0.717) is 42.1 Å². The lowest BCUT2D eigenvalue weighted by atomic mass is 10.0. The van der Waals surface area contributed by atoms with E-state index in [4.69, 9.17) is 16.5 Å². The molecule has 1 unspecified atom stereocenters. The highest BCUT2D eigenvalue weighted by Crippen LogP contribution is 2.23. The summed E-state index contributed by atoms with van der Waals surface area (Å²) < 4.78 is 42.2. The van der Waals surface area contributed by atoms with E-state index in [9.17, 15) is 13.3 Å². The fourth-order valence-corrected chi connectivity index (χ4v) is 3.71. The van der Waals surface area contributed by atoms with E-state index in [1.807, 2.05) is 12.1 Å². The van der Waals surface area contributed by atoms with Crippen LogP contribution in [0.4, 0.5) is 8.78 Å². The van der Waals surface area contributed by atoms with Gasteiger partial charge < -0.3 is 5.32 Å². The van der Waals surface area contributed by atoms with E-state index in [2.05, 4.69) is 9.84 Å². The average molecular weight is 459 g/mol. The molecule has 0 amide bonds. The second kappa shape index (κ2) is 13.8. The first kappa shape index (κ1) is 24.8. The van der Waals surface area contributed by atoms with Gasteiger partial charge in [-0.05, 0) is 79.6 Å². The molecule has 2 aromatic carbocycles. The third-order valence-corrected chi connectivity index (χ3v) is 5.56. The van der Waals surface area contributed by atoms with Crippen molar-refractivity contribution in [1.82, 2.24) is 5.32 Å². The van der Waals surface area contributed by atoms with Crippen molar-refractivity contribution in [3.8, 4) is 0 Å². The number of unbranched alkanes of at least 4 members (excludes halogenated alkanes) is 3. The molecule has 2 N–H and O–H groups in total. The molecule has 4 nitrogen and oxygen atoms in total. The third kappa shape index (κ3) is 9.59. The van der Waals surface area contributed by atoms with Crippen molar-refractivity contribution in [1.29, 1.82) is 0 Å². The molecule has 0 fully saturated rings. The minimum absolute atomic E-state index is 0.184. The lowest BCUT2D eigenvalue weighted by molar-refractivity contribution is 0.276. The van der Waals surface area contributed by atoms with Crippen molar-refractivity contribution in [3.63, 3.8) is 0 Å². The molecule has 0 saturated heterocycles. The second-order valence-corrected chi connectivity index (χ2v) is 8.32. The van der Waals surface area contributed by atoms with Gasteiger partial charge in [-0.15, -0.1) is 9.42 Å². The van der Waals surface area contributed by atoms with Crippen molar-refractivity contribution in [2.24, 2.45) is 0 Å². The molecule has 30 heavy (non-hydrogen) atoms. The van der Waals surface area contributed by atoms with Crippen LogP contribution in [0.5, 0.6) is 0 Å². The van der Waals surface area contributed by atoms with Gasteiger partial charge in [0.1, 0.15) is 18.2 Å². The Morgan fingerprint density at radius 1 is 0.967 bits per heavy atom. The quantitative estimate of drug-likeness (QED) is 0.265. The number of hydrogen-bond donors (Lipinski definition) is 2. The molecule has 0 heterocycles. The van der Waals surface area contributed by atoms with Crippen LogP contribution in [0.3, 0.4) is 0 Å². The zero-order chi connectivity index (χ0) is 21.8. The van der Waals surface area contributed by atoms with Gasteiger partial charge in [0, 0.05) is 16.1 Å². The van der Waals surface area contributed by atoms with E-state index in [1.54, 1.807) is 6.07 Å². The third-order valence-electron chi connectivity index (χ3n) is 4.81. The zero-order valence-electron chi connectivity index (χ0n) is 16.9. The standard InChI is InChI=1S/C22H27ClF2NO3P/c23-21-14-18(7-4-2-1-3-6-17-8-10-20(24)11-9-17)22(25)15-19(21)16-26-12-5-13-29-30(27)28/h8-11,14-15,26H,1-7,12-13,16H2/p+1. The van der Waals surface area contributed by atoms with Crippen LogP contribution >= 0.6 is 19.9 Å². The van der Waals surface area contributed by atoms with Crippen LogP contribution in [-0.4, -0.2) is 18.0 Å². The molecular formula is C22H28ClF2NO3P+. The van der Waals surface area contributed by atoms with Crippen LogP contribution in [0, 0.1) is 11.6 Å².